The molecule has 3 heteroatoms. The van der Waals surface area contributed by atoms with E-state index in [0.29, 0.717) is 17.5 Å². The molecule has 0 bridgehead atoms. The maximum atomic E-state index is 3.95. The lowest BCUT2D eigenvalue weighted by molar-refractivity contribution is 0.236. The molecule has 1 fully saturated rings. The summed E-state index contributed by atoms with van der Waals surface area (Å²) in [7, 11) is 0. The van der Waals surface area contributed by atoms with Crippen molar-refractivity contribution < 1.29 is 0 Å². The number of nitrogens with one attached hydrogen (secondary N) is 1. The van der Waals surface area contributed by atoms with Crippen molar-refractivity contribution in [2.75, 3.05) is 11.5 Å². The largest absolute Gasteiger partial charge is 0.301 e. The highest BCUT2D eigenvalue weighted by Crippen LogP contribution is 2.37. The molecule has 0 amide bonds. The quantitative estimate of drug-likeness (QED) is 0.855. The van der Waals surface area contributed by atoms with Crippen LogP contribution in [0.2, 0.25) is 0 Å². The SMILES string of the molecule is CC1(C)CCSCC1NC(c1ccccc1)c1cccs1. The number of hydrogen-bond acceptors (Lipinski definition) is 3. The zero-order valence-electron chi connectivity index (χ0n) is 12.7. The van der Waals surface area contributed by atoms with Gasteiger partial charge in [-0.15, -0.1) is 11.3 Å². The minimum atomic E-state index is 0.314. The predicted molar refractivity (Wildman–Crippen MR) is 95.3 cm³/mol. The van der Waals surface area contributed by atoms with E-state index in [1.54, 1.807) is 0 Å². The van der Waals surface area contributed by atoms with Gasteiger partial charge in [0.1, 0.15) is 0 Å². The average Bonchev–Trinajstić information content (AvgIpc) is 3.01. The van der Waals surface area contributed by atoms with Crippen molar-refractivity contribution in [2.24, 2.45) is 5.41 Å². The van der Waals surface area contributed by atoms with E-state index < -0.39 is 0 Å². The number of hydrogen-bond donors (Lipinski definition) is 1. The van der Waals surface area contributed by atoms with Gasteiger partial charge in [0.15, 0.2) is 0 Å². The lowest BCUT2D eigenvalue weighted by atomic mass is 9.81. The Bertz CT molecular complexity index is 548. The van der Waals surface area contributed by atoms with Gasteiger partial charge in [0.25, 0.3) is 0 Å². The van der Waals surface area contributed by atoms with Crippen molar-refractivity contribution in [3.05, 3.63) is 58.3 Å². The first kappa shape index (κ1) is 15.1. The van der Waals surface area contributed by atoms with Gasteiger partial charge in [0.2, 0.25) is 0 Å². The molecule has 1 nitrogen and oxygen atoms in total. The molecule has 1 aliphatic heterocycles. The summed E-state index contributed by atoms with van der Waals surface area (Å²) in [6, 6.07) is 16.1. The second kappa shape index (κ2) is 6.55. The van der Waals surface area contributed by atoms with Crippen molar-refractivity contribution in [3.63, 3.8) is 0 Å². The Morgan fingerprint density at radius 1 is 1.14 bits per heavy atom. The van der Waals surface area contributed by atoms with Crippen LogP contribution in [0.15, 0.2) is 47.8 Å². The molecular weight excluding hydrogens is 294 g/mol. The highest BCUT2D eigenvalue weighted by Gasteiger charge is 2.34. The van der Waals surface area contributed by atoms with Crippen LogP contribution in [0.3, 0.4) is 0 Å². The van der Waals surface area contributed by atoms with Gasteiger partial charge in [-0.2, -0.15) is 11.8 Å². The van der Waals surface area contributed by atoms with E-state index in [1.165, 1.54) is 28.4 Å². The van der Waals surface area contributed by atoms with E-state index in [2.05, 4.69) is 78.8 Å². The Hall–Kier alpha value is -0.770. The molecule has 0 radical (unpaired) electrons. The van der Waals surface area contributed by atoms with E-state index in [9.17, 15) is 0 Å². The summed E-state index contributed by atoms with van der Waals surface area (Å²) in [5, 5.41) is 6.13. The van der Waals surface area contributed by atoms with E-state index in [4.69, 9.17) is 0 Å². The van der Waals surface area contributed by atoms with Gasteiger partial charge in [-0.25, -0.2) is 0 Å². The summed E-state index contributed by atoms with van der Waals surface area (Å²) in [5.41, 5.74) is 1.74. The van der Waals surface area contributed by atoms with Crippen LogP contribution in [-0.4, -0.2) is 17.5 Å². The highest BCUT2D eigenvalue weighted by molar-refractivity contribution is 7.99. The van der Waals surface area contributed by atoms with Crippen LogP contribution in [0.4, 0.5) is 0 Å². The third-order valence-electron chi connectivity index (χ3n) is 4.45. The maximum Gasteiger partial charge on any atom is 0.0673 e. The van der Waals surface area contributed by atoms with Gasteiger partial charge in [-0.3, -0.25) is 0 Å². The zero-order valence-corrected chi connectivity index (χ0v) is 14.3. The van der Waals surface area contributed by atoms with Gasteiger partial charge in [0, 0.05) is 16.7 Å². The molecule has 0 saturated carbocycles. The van der Waals surface area contributed by atoms with Crippen LogP contribution in [0.25, 0.3) is 0 Å². The normalized spacial score (nSPS) is 22.9. The molecular formula is C18H23NS2. The molecule has 1 aromatic carbocycles. The van der Waals surface area contributed by atoms with Gasteiger partial charge in [-0.05, 0) is 34.6 Å². The molecule has 1 aromatic heterocycles. The Morgan fingerprint density at radius 3 is 2.62 bits per heavy atom. The zero-order chi connectivity index (χ0) is 14.7. The highest BCUT2D eigenvalue weighted by atomic mass is 32.2. The predicted octanol–water partition coefficient (Wildman–Crippen LogP) is 4.96. The molecule has 3 rings (SSSR count). The number of thioether (sulfide) groups is 1. The van der Waals surface area contributed by atoms with Crippen LogP contribution < -0.4 is 5.32 Å². The summed E-state index contributed by atoms with van der Waals surface area (Å²) in [5.74, 6) is 2.50. The second-order valence-corrected chi connectivity index (χ2v) is 8.52. The van der Waals surface area contributed by atoms with Crippen molar-refractivity contribution in [2.45, 2.75) is 32.4 Å². The minimum Gasteiger partial charge on any atom is -0.301 e. The van der Waals surface area contributed by atoms with Crippen LogP contribution in [0.5, 0.6) is 0 Å². The Kier molecular flexibility index (Phi) is 4.72. The lowest BCUT2D eigenvalue weighted by Crippen LogP contribution is -2.48. The molecule has 21 heavy (non-hydrogen) atoms. The van der Waals surface area contributed by atoms with Crippen molar-refractivity contribution in [1.82, 2.24) is 5.32 Å². The monoisotopic (exact) mass is 317 g/mol. The fourth-order valence-electron chi connectivity index (χ4n) is 2.85. The van der Waals surface area contributed by atoms with Crippen molar-refractivity contribution in [1.29, 1.82) is 0 Å². The first-order chi connectivity index (χ1) is 10.2. The standard InChI is InChI=1S/C18H23NS2/c1-18(2)10-12-20-13-16(18)19-17(15-9-6-11-21-15)14-7-4-3-5-8-14/h3-9,11,16-17,19H,10,12-13H2,1-2H3. The number of thiophene rings is 1. The Morgan fingerprint density at radius 2 is 1.95 bits per heavy atom. The topological polar surface area (TPSA) is 12.0 Å². The van der Waals surface area contributed by atoms with Crippen molar-refractivity contribution in [3.8, 4) is 0 Å². The van der Waals surface area contributed by atoms with Gasteiger partial charge in [0.05, 0.1) is 6.04 Å². The molecule has 2 unspecified atom stereocenters. The summed E-state index contributed by atoms with van der Waals surface area (Å²) in [6.07, 6.45) is 1.29. The third kappa shape index (κ3) is 3.53. The summed E-state index contributed by atoms with van der Waals surface area (Å²) < 4.78 is 0. The van der Waals surface area contributed by atoms with Crippen molar-refractivity contribution >= 4 is 23.1 Å². The molecule has 2 aromatic rings. The second-order valence-electron chi connectivity index (χ2n) is 6.39. The molecule has 1 aliphatic rings. The molecule has 1 saturated heterocycles. The Labute approximate surface area is 136 Å². The van der Waals surface area contributed by atoms with Crippen LogP contribution in [0, 0.1) is 5.41 Å². The molecule has 0 aliphatic carbocycles. The maximum absolute atomic E-state index is 3.95. The van der Waals surface area contributed by atoms with E-state index in [-0.39, 0.29) is 0 Å². The van der Waals surface area contributed by atoms with Crippen LogP contribution >= 0.6 is 23.1 Å². The smallest absolute Gasteiger partial charge is 0.0673 e. The lowest BCUT2D eigenvalue weighted by Gasteiger charge is -2.41. The summed E-state index contributed by atoms with van der Waals surface area (Å²) in [6.45, 7) is 4.81. The van der Waals surface area contributed by atoms with E-state index in [0.717, 1.165) is 0 Å². The van der Waals surface area contributed by atoms with E-state index in [1.807, 2.05) is 11.3 Å². The fraction of sp³-hybridized carbons (Fsp3) is 0.444. The number of benzene rings is 1. The fourth-order valence-corrected chi connectivity index (χ4v) is 5.29. The van der Waals surface area contributed by atoms with Gasteiger partial charge < -0.3 is 5.32 Å². The summed E-state index contributed by atoms with van der Waals surface area (Å²) in [4.78, 5) is 1.41. The first-order valence-electron chi connectivity index (χ1n) is 7.59. The number of rotatable bonds is 4. The summed E-state index contributed by atoms with van der Waals surface area (Å²) >= 11 is 3.93. The first-order valence-corrected chi connectivity index (χ1v) is 9.62. The third-order valence-corrected chi connectivity index (χ3v) is 6.45. The minimum absolute atomic E-state index is 0.314. The Balaban J connectivity index is 1.86. The average molecular weight is 318 g/mol. The molecule has 112 valence electrons. The van der Waals surface area contributed by atoms with E-state index >= 15 is 0 Å². The molecule has 2 atom stereocenters. The van der Waals surface area contributed by atoms with Gasteiger partial charge >= 0.3 is 0 Å². The molecule has 2 heterocycles. The van der Waals surface area contributed by atoms with Gasteiger partial charge in [-0.1, -0.05) is 50.2 Å². The molecule has 1 N–H and O–H groups in total. The van der Waals surface area contributed by atoms with Crippen LogP contribution in [0.1, 0.15) is 36.8 Å². The molecule has 0 spiro atoms. The van der Waals surface area contributed by atoms with Crippen LogP contribution in [-0.2, 0) is 0 Å².